The first-order valence-corrected chi connectivity index (χ1v) is 12.8. The highest BCUT2D eigenvalue weighted by molar-refractivity contribution is 6.06. The molecule has 3 N–H and O–H groups in total. The molecule has 0 radical (unpaired) electrons. The van der Waals surface area contributed by atoms with Crippen molar-refractivity contribution in [2.24, 2.45) is 5.92 Å². The Labute approximate surface area is 210 Å². The Bertz CT molecular complexity index is 1240. The SMILES string of the molecule is O=C(N[C@@H](CCOC1CC(CCc2ccc3c(n2)NCCC3)C1)C(=O)O)c1cccc2cccnc12. The van der Waals surface area contributed by atoms with Gasteiger partial charge in [0.05, 0.1) is 17.2 Å². The van der Waals surface area contributed by atoms with E-state index >= 15 is 0 Å². The fourth-order valence-corrected chi connectivity index (χ4v) is 5.04. The highest BCUT2D eigenvalue weighted by Crippen LogP contribution is 2.34. The number of anilines is 1. The molecule has 1 aromatic carbocycles. The molecule has 0 saturated heterocycles. The number of aryl methyl sites for hydroxylation is 2. The molecule has 1 aliphatic heterocycles. The summed E-state index contributed by atoms with van der Waals surface area (Å²) in [5.41, 5.74) is 3.37. The van der Waals surface area contributed by atoms with Crippen molar-refractivity contribution in [3.05, 3.63) is 65.5 Å². The lowest BCUT2D eigenvalue weighted by Gasteiger charge is -2.35. The Morgan fingerprint density at radius 3 is 2.89 bits per heavy atom. The van der Waals surface area contributed by atoms with Gasteiger partial charge in [0.1, 0.15) is 11.9 Å². The standard InChI is InChI=1S/C28H32N4O4/c33-27(23-7-1-4-19-5-2-13-29-25(19)23)32-24(28(34)35)12-15-36-22-16-18(17-22)8-10-21-11-9-20-6-3-14-30-26(20)31-21/h1-2,4-5,7,9,11,13,18,22,24H,3,6,8,10,12,14-17H2,(H,30,31)(H,32,33)(H,34,35)/t18?,22?,24-/m0/s1. The van der Waals surface area contributed by atoms with Gasteiger partial charge in [0.2, 0.25) is 0 Å². The van der Waals surface area contributed by atoms with Crippen LogP contribution in [-0.2, 0) is 22.4 Å². The second-order valence-electron chi connectivity index (χ2n) is 9.74. The lowest BCUT2D eigenvalue weighted by atomic mass is 9.79. The van der Waals surface area contributed by atoms with E-state index in [0.717, 1.165) is 55.5 Å². The van der Waals surface area contributed by atoms with E-state index in [4.69, 9.17) is 9.72 Å². The molecule has 1 fully saturated rings. The van der Waals surface area contributed by atoms with E-state index in [2.05, 4.69) is 27.8 Å². The van der Waals surface area contributed by atoms with Gasteiger partial charge in [0.25, 0.3) is 5.91 Å². The molecular formula is C28H32N4O4. The van der Waals surface area contributed by atoms with Crippen LogP contribution in [0.4, 0.5) is 5.82 Å². The largest absolute Gasteiger partial charge is 0.480 e. The number of pyridine rings is 2. The molecule has 1 atom stereocenters. The van der Waals surface area contributed by atoms with E-state index < -0.39 is 17.9 Å². The van der Waals surface area contributed by atoms with E-state index in [-0.39, 0.29) is 12.5 Å². The van der Waals surface area contributed by atoms with E-state index in [9.17, 15) is 14.7 Å². The van der Waals surface area contributed by atoms with Crippen molar-refractivity contribution in [1.29, 1.82) is 0 Å². The third-order valence-electron chi connectivity index (χ3n) is 7.19. The molecule has 2 aromatic heterocycles. The minimum Gasteiger partial charge on any atom is -0.480 e. The smallest absolute Gasteiger partial charge is 0.326 e. The number of amides is 1. The number of aliphatic carboxylic acids is 1. The number of carbonyl (C=O) groups is 2. The molecule has 3 heterocycles. The number of benzene rings is 1. The highest BCUT2D eigenvalue weighted by atomic mass is 16.5. The number of carboxylic acids is 1. The summed E-state index contributed by atoms with van der Waals surface area (Å²) in [6, 6.07) is 12.3. The number of rotatable bonds is 10. The van der Waals surface area contributed by atoms with Gasteiger partial charge >= 0.3 is 5.97 Å². The molecule has 8 heteroatoms. The first kappa shape index (κ1) is 24.2. The number of ether oxygens (including phenoxy) is 1. The van der Waals surface area contributed by atoms with Gasteiger partial charge in [-0.1, -0.05) is 24.3 Å². The Morgan fingerprint density at radius 2 is 2.03 bits per heavy atom. The van der Waals surface area contributed by atoms with Crippen LogP contribution in [0, 0.1) is 5.92 Å². The normalized spacial score (nSPS) is 19.6. The van der Waals surface area contributed by atoms with Gasteiger partial charge in [-0.3, -0.25) is 9.78 Å². The Balaban J connectivity index is 1.04. The molecule has 0 bridgehead atoms. The lowest BCUT2D eigenvalue weighted by Crippen LogP contribution is -2.42. The maximum atomic E-state index is 12.8. The van der Waals surface area contributed by atoms with Gasteiger partial charge in [-0.05, 0) is 68.2 Å². The van der Waals surface area contributed by atoms with Crippen molar-refractivity contribution < 1.29 is 19.4 Å². The topological polar surface area (TPSA) is 113 Å². The van der Waals surface area contributed by atoms with Crippen LogP contribution in [0.5, 0.6) is 0 Å². The predicted molar refractivity (Wildman–Crippen MR) is 137 cm³/mol. The molecule has 1 saturated carbocycles. The molecular weight excluding hydrogens is 456 g/mol. The quantitative estimate of drug-likeness (QED) is 0.395. The van der Waals surface area contributed by atoms with Crippen molar-refractivity contribution in [3.8, 4) is 0 Å². The minimum absolute atomic E-state index is 0.153. The van der Waals surface area contributed by atoms with E-state index in [1.54, 1.807) is 24.4 Å². The predicted octanol–water partition coefficient (Wildman–Crippen LogP) is 3.99. The molecule has 0 unspecified atom stereocenters. The molecule has 5 rings (SSSR count). The van der Waals surface area contributed by atoms with Gasteiger partial charge in [-0.15, -0.1) is 0 Å². The number of nitrogens with zero attached hydrogens (tertiary/aromatic N) is 2. The van der Waals surface area contributed by atoms with Gasteiger partial charge in [0.15, 0.2) is 0 Å². The third kappa shape index (κ3) is 5.65. The second-order valence-corrected chi connectivity index (χ2v) is 9.74. The number of aromatic nitrogens is 2. The van der Waals surface area contributed by atoms with Crippen LogP contribution in [0.2, 0.25) is 0 Å². The summed E-state index contributed by atoms with van der Waals surface area (Å²) in [6.45, 7) is 1.29. The molecule has 2 aliphatic rings. The first-order valence-electron chi connectivity index (χ1n) is 12.8. The van der Waals surface area contributed by atoms with Crippen molar-refractivity contribution >= 4 is 28.6 Å². The zero-order chi connectivity index (χ0) is 24.9. The van der Waals surface area contributed by atoms with Crippen molar-refractivity contribution in [3.63, 3.8) is 0 Å². The molecule has 3 aromatic rings. The zero-order valence-electron chi connectivity index (χ0n) is 20.3. The summed E-state index contributed by atoms with van der Waals surface area (Å²) >= 11 is 0. The number of nitrogens with one attached hydrogen (secondary N) is 2. The summed E-state index contributed by atoms with van der Waals surface area (Å²) in [4.78, 5) is 33.6. The Hall–Kier alpha value is -3.52. The van der Waals surface area contributed by atoms with Gasteiger partial charge in [-0.2, -0.15) is 0 Å². The summed E-state index contributed by atoms with van der Waals surface area (Å²) in [6.07, 6.45) is 8.26. The average molecular weight is 489 g/mol. The minimum atomic E-state index is -1.07. The molecule has 1 aliphatic carbocycles. The van der Waals surface area contributed by atoms with Crippen molar-refractivity contribution in [2.75, 3.05) is 18.5 Å². The summed E-state index contributed by atoms with van der Waals surface area (Å²) in [5.74, 6) is 0.139. The fourth-order valence-electron chi connectivity index (χ4n) is 5.04. The van der Waals surface area contributed by atoms with Gasteiger partial charge < -0.3 is 20.5 Å². The van der Waals surface area contributed by atoms with Crippen molar-refractivity contribution in [2.45, 2.75) is 57.1 Å². The number of fused-ring (bicyclic) bond motifs is 2. The highest BCUT2D eigenvalue weighted by Gasteiger charge is 2.30. The lowest BCUT2D eigenvalue weighted by molar-refractivity contribution is -0.140. The first-order chi connectivity index (χ1) is 17.6. The van der Waals surface area contributed by atoms with Crippen LogP contribution in [0.15, 0.2) is 48.7 Å². The maximum absolute atomic E-state index is 12.8. The molecule has 1 amide bonds. The Kier molecular flexibility index (Phi) is 7.41. The van der Waals surface area contributed by atoms with Crippen LogP contribution >= 0.6 is 0 Å². The van der Waals surface area contributed by atoms with Crippen LogP contribution in [0.1, 0.15) is 53.7 Å². The molecule has 8 nitrogen and oxygen atoms in total. The van der Waals surface area contributed by atoms with Gasteiger partial charge in [0, 0.05) is 36.8 Å². The Morgan fingerprint density at radius 1 is 1.17 bits per heavy atom. The van der Waals surface area contributed by atoms with Crippen LogP contribution < -0.4 is 10.6 Å². The zero-order valence-corrected chi connectivity index (χ0v) is 20.3. The number of carboxylic acid groups (broad SMARTS) is 1. The number of hydrogen-bond donors (Lipinski definition) is 3. The fraction of sp³-hybridized carbons (Fsp3) is 0.429. The van der Waals surface area contributed by atoms with E-state index in [1.165, 1.54) is 12.0 Å². The molecule has 188 valence electrons. The van der Waals surface area contributed by atoms with Crippen LogP contribution in [0.3, 0.4) is 0 Å². The number of carbonyl (C=O) groups excluding carboxylic acids is 1. The van der Waals surface area contributed by atoms with E-state index in [1.807, 2.05) is 12.1 Å². The molecule has 0 spiro atoms. The summed E-state index contributed by atoms with van der Waals surface area (Å²) in [5, 5.41) is 16.5. The van der Waals surface area contributed by atoms with Crippen LogP contribution in [-0.4, -0.2) is 52.2 Å². The monoisotopic (exact) mass is 488 g/mol. The number of para-hydroxylation sites is 1. The maximum Gasteiger partial charge on any atom is 0.326 e. The van der Waals surface area contributed by atoms with Crippen LogP contribution in [0.25, 0.3) is 10.9 Å². The van der Waals surface area contributed by atoms with Gasteiger partial charge in [-0.25, -0.2) is 9.78 Å². The average Bonchev–Trinajstić information content (AvgIpc) is 2.88. The summed E-state index contributed by atoms with van der Waals surface area (Å²) < 4.78 is 5.92. The second kappa shape index (κ2) is 11.0. The number of hydrogen-bond acceptors (Lipinski definition) is 6. The van der Waals surface area contributed by atoms with Crippen molar-refractivity contribution in [1.82, 2.24) is 15.3 Å². The molecule has 36 heavy (non-hydrogen) atoms. The van der Waals surface area contributed by atoms with E-state index in [0.29, 0.717) is 23.6 Å². The third-order valence-corrected chi connectivity index (χ3v) is 7.19. The summed E-state index contributed by atoms with van der Waals surface area (Å²) in [7, 11) is 0.